The summed E-state index contributed by atoms with van der Waals surface area (Å²) in [6.45, 7) is 4.79. The molecule has 0 aromatic carbocycles. The molecule has 1 unspecified atom stereocenters. The molecule has 2 heteroatoms. The van der Waals surface area contributed by atoms with Crippen molar-refractivity contribution in [1.82, 2.24) is 5.32 Å². The fourth-order valence-corrected chi connectivity index (χ4v) is 2.85. The van der Waals surface area contributed by atoms with Crippen molar-refractivity contribution >= 4 is 0 Å². The zero-order valence-corrected chi connectivity index (χ0v) is 10.2. The molecule has 2 fully saturated rings. The van der Waals surface area contributed by atoms with Crippen molar-refractivity contribution < 1.29 is 5.11 Å². The van der Waals surface area contributed by atoms with Crippen LogP contribution in [0.15, 0.2) is 0 Å². The number of hydrogen-bond donors (Lipinski definition) is 2. The normalized spacial score (nSPS) is 29.8. The Hall–Kier alpha value is -0.0800. The predicted molar refractivity (Wildman–Crippen MR) is 62.8 cm³/mol. The minimum atomic E-state index is -0.0466. The van der Waals surface area contributed by atoms with Gasteiger partial charge in [-0.25, -0.2) is 0 Å². The molecule has 2 aliphatic carbocycles. The maximum Gasteiger partial charge on any atom is 0.0616 e. The molecule has 2 rings (SSSR count). The van der Waals surface area contributed by atoms with Gasteiger partial charge >= 0.3 is 0 Å². The number of rotatable bonds is 4. The van der Waals surface area contributed by atoms with Crippen LogP contribution in [0.5, 0.6) is 0 Å². The highest BCUT2D eigenvalue weighted by atomic mass is 16.3. The quantitative estimate of drug-likeness (QED) is 0.748. The maximum atomic E-state index is 9.63. The van der Waals surface area contributed by atoms with Gasteiger partial charge in [-0.1, -0.05) is 26.2 Å². The smallest absolute Gasteiger partial charge is 0.0616 e. The first-order valence-corrected chi connectivity index (χ1v) is 6.48. The van der Waals surface area contributed by atoms with Crippen molar-refractivity contribution in [2.75, 3.05) is 6.61 Å². The SMILES string of the molecule is CC1(C(C)(CO)NC2CCCCC2)CC1. The standard InChI is InChI=1S/C13H25NO/c1-12(8-9-12)13(2,10-15)14-11-6-4-3-5-7-11/h11,14-15H,3-10H2,1-2H3. The second kappa shape index (κ2) is 4.06. The number of aliphatic hydroxyl groups is 1. The molecule has 0 bridgehead atoms. The van der Waals surface area contributed by atoms with E-state index in [1.807, 2.05) is 0 Å². The van der Waals surface area contributed by atoms with Crippen molar-refractivity contribution in [3.05, 3.63) is 0 Å². The van der Waals surface area contributed by atoms with Crippen LogP contribution in [0.1, 0.15) is 58.8 Å². The van der Waals surface area contributed by atoms with E-state index in [1.54, 1.807) is 0 Å². The monoisotopic (exact) mass is 211 g/mol. The van der Waals surface area contributed by atoms with E-state index in [2.05, 4.69) is 19.2 Å². The molecule has 0 aromatic heterocycles. The van der Waals surface area contributed by atoms with Gasteiger partial charge in [0.15, 0.2) is 0 Å². The summed E-state index contributed by atoms with van der Waals surface area (Å²) in [4.78, 5) is 0. The highest BCUT2D eigenvalue weighted by Gasteiger charge is 2.53. The molecule has 88 valence electrons. The van der Waals surface area contributed by atoms with Crippen LogP contribution >= 0.6 is 0 Å². The Morgan fingerprint density at radius 2 is 1.87 bits per heavy atom. The molecule has 2 nitrogen and oxygen atoms in total. The van der Waals surface area contributed by atoms with E-state index >= 15 is 0 Å². The van der Waals surface area contributed by atoms with Crippen molar-refractivity contribution in [1.29, 1.82) is 0 Å². The Kier molecular flexibility index (Phi) is 3.09. The van der Waals surface area contributed by atoms with Gasteiger partial charge in [0.25, 0.3) is 0 Å². The summed E-state index contributed by atoms with van der Waals surface area (Å²) in [5.41, 5.74) is 0.300. The van der Waals surface area contributed by atoms with Crippen LogP contribution in [-0.4, -0.2) is 23.3 Å². The van der Waals surface area contributed by atoms with E-state index in [4.69, 9.17) is 0 Å². The van der Waals surface area contributed by atoms with Crippen LogP contribution in [0.25, 0.3) is 0 Å². The average Bonchev–Trinajstić information content (AvgIpc) is 2.99. The molecule has 15 heavy (non-hydrogen) atoms. The van der Waals surface area contributed by atoms with E-state index in [9.17, 15) is 5.11 Å². The maximum absolute atomic E-state index is 9.63. The van der Waals surface area contributed by atoms with Gasteiger partial charge in [-0.05, 0) is 38.0 Å². The van der Waals surface area contributed by atoms with Crippen molar-refractivity contribution in [2.24, 2.45) is 5.41 Å². The van der Waals surface area contributed by atoms with E-state index in [1.165, 1.54) is 44.9 Å². The Morgan fingerprint density at radius 1 is 1.27 bits per heavy atom. The molecule has 0 radical (unpaired) electrons. The first-order valence-electron chi connectivity index (χ1n) is 6.48. The second-order valence-electron chi connectivity index (χ2n) is 6.03. The van der Waals surface area contributed by atoms with E-state index in [0.717, 1.165) is 0 Å². The molecule has 0 amide bonds. The van der Waals surface area contributed by atoms with Gasteiger partial charge < -0.3 is 10.4 Å². The molecule has 0 saturated heterocycles. The van der Waals surface area contributed by atoms with Crippen LogP contribution in [0, 0.1) is 5.41 Å². The molecule has 2 N–H and O–H groups in total. The van der Waals surface area contributed by atoms with E-state index < -0.39 is 0 Å². The summed E-state index contributed by atoms with van der Waals surface area (Å²) in [5, 5.41) is 13.4. The highest BCUT2D eigenvalue weighted by Crippen LogP contribution is 2.53. The molecule has 0 aromatic rings. The largest absolute Gasteiger partial charge is 0.394 e. The third-order valence-electron chi connectivity index (χ3n) is 4.78. The molecule has 2 saturated carbocycles. The third-order valence-corrected chi connectivity index (χ3v) is 4.78. The lowest BCUT2D eigenvalue weighted by atomic mass is 9.82. The molecule has 1 atom stereocenters. The Morgan fingerprint density at radius 3 is 2.33 bits per heavy atom. The molecule has 0 spiro atoms. The van der Waals surface area contributed by atoms with Gasteiger partial charge in [0.1, 0.15) is 0 Å². The fraction of sp³-hybridized carbons (Fsp3) is 1.00. The number of hydrogen-bond acceptors (Lipinski definition) is 2. The average molecular weight is 211 g/mol. The van der Waals surface area contributed by atoms with E-state index in [0.29, 0.717) is 11.5 Å². The van der Waals surface area contributed by atoms with Gasteiger partial charge in [0.05, 0.1) is 6.61 Å². The first kappa shape index (κ1) is 11.4. The zero-order valence-electron chi connectivity index (χ0n) is 10.2. The second-order valence-corrected chi connectivity index (χ2v) is 6.03. The minimum Gasteiger partial charge on any atom is -0.394 e. The molecular formula is C13H25NO. The molecule has 2 aliphatic rings. The Bertz CT molecular complexity index is 219. The highest BCUT2D eigenvalue weighted by molar-refractivity contribution is 5.08. The summed E-state index contributed by atoms with van der Waals surface area (Å²) < 4.78 is 0. The molecular weight excluding hydrogens is 186 g/mol. The summed E-state index contributed by atoms with van der Waals surface area (Å²) >= 11 is 0. The van der Waals surface area contributed by atoms with Gasteiger partial charge in [0.2, 0.25) is 0 Å². The van der Waals surface area contributed by atoms with Crippen LogP contribution in [-0.2, 0) is 0 Å². The van der Waals surface area contributed by atoms with Crippen LogP contribution in [0.2, 0.25) is 0 Å². The van der Waals surface area contributed by atoms with Gasteiger partial charge in [-0.2, -0.15) is 0 Å². The lowest BCUT2D eigenvalue weighted by Gasteiger charge is -2.40. The number of aliphatic hydroxyl groups excluding tert-OH is 1. The summed E-state index contributed by atoms with van der Waals surface area (Å²) in [7, 11) is 0. The fourth-order valence-electron chi connectivity index (χ4n) is 2.85. The Labute approximate surface area is 93.5 Å². The topological polar surface area (TPSA) is 32.3 Å². The lowest BCUT2D eigenvalue weighted by molar-refractivity contribution is 0.0934. The van der Waals surface area contributed by atoms with Crippen LogP contribution < -0.4 is 5.32 Å². The number of nitrogens with one attached hydrogen (secondary N) is 1. The van der Waals surface area contributed by atoms with Crippen LogP contribution in [0.3, 0.4) is 0 Å². The summed E-state index contributed by atoms with van der Waals surface area (Å²) in [5.74, 6) is 0. The molecule has 0 heterocycles. The van der Waals surface area contributed by atoms with Gasteiger partial charge in [-0.3, -0.25) is 0 Å². The van der Waals surface area contributed by atoms with Crippen molar-refractivity contribution in [3.8, 4) is 0 Å². The predicted octanol–water partition coefficient (Wildman–Crippen LogP) is 2.46. The van der Waals surface area contributed by atoms with Crippen LogP contribution in [0.4, 0.5) is 0 Å². The van der Waals surface area contributed by atoms with E-state index in [-0.39, 0.29) is 12.1 Å². The first-order chi connectivity index (χ1) is 7.10. The van der Waals surface area contributed by atoms with Gasteiger partial charge in [0, 0.05) is 11.6 Å². The summed E-state index contributed by atoms with van der Waals surface area (Å²) in [6.07, 6.45) is 9.24. The third kappa shape index (κ3) is 2.21. The minimum absolute atomic E-state index is 0.0466. The van der Waals surface area contributed by atoms with Gasteiger partial charge in [-0.15, -0.1) is 0 Å². The zero-order chi connectivity index (χ0) is 10.9. The van der Waals surface area contributed by atoms with Crippen molar-refractivity contribution in [2.45, 2.75) is 70.4 Å². The van der Waals surface area contributed by atoms with Crippen molar-refractivity contribution in [3.63, 3.8) is 0 Å². The summed E-state index contributed by atoms with van der Waals surface area (Å²) in [6, 6.07) is 0.647. The Balaban J connectivity index is 1.94. The molecule has 0 aliphatic heterocycles. The lowest BCUT2D eigenvalue weighted by Crippen LogP contribution is -2.56.